The molecule has 1 aliphatic carbocycles. The second kappa shape index (κ2) is 8.82. The molecule has 0 aliphatic heterocycles. The first-order chi connectivity index (χ1) is 14.6. The van der Waals surface area contributed by atoms with Crippen molar-refractivity contribution in [2.75, 3.05) is 13.2 Å². The topological polar surface area (TPSA) is 97.6 Å². The Labute approximate surface area is 173 Å². The minimum Gasteiger partial charge on any atom is -0.484 e. The van der Waals surface area contributed by atoms with Gasteiger partial charge in [-0.25, -0.2) is 4.79 Å². The molecule has 2 aromatic carbocycles. The van der Waals surface area contributed by atoms with Crippen LogP contribution in [0.2, 0.25) is 0 Å². The van der Waals surface area contributed by atoms with Crippen LogP contribution in [0.15, 0.2) is 63.8 Å². The lowest BCUT2D eigenvalue weighted by molar-refractivity contribution is -0.123. The molecule has 2 N–H and O–H groups in total. The van der Waals surface area contributed by atoms with Crippen LogP contribution < -0.4 is 21.0 Å². The SMILES string of the molecule is O=C(COc1ccc(CCNC(=O)c2cc3ccccc3oc2=O)cc1)NC1CC1. The Bertz CT molecular complexity index is 1120. The van der Waals surface area contributed by atoms with Gasteiger partial charge in [0.25, 0.3) is 11.8 Å². The Morgan fingerprint density at radius 2 is 1.83 bits per heavy atom. The van der Waals surface area contributed by atoms with Crippen molar-refractivity contribution < 1.29 is 18.7 Å². The molecule has 1 fully saturated rings. The molecular weight excluding hydrogens is 384 g/mol. The summed E-state index contributed by atoms with van der Waals surface area (Å²) in [5.41, 5.74) is 0.780. The van der Waals surface area contributed by atoms with E-state index in [1.807, 2.05) is 18.2 Å². The first-order valence-electron chi connectivity index (χ1n) is 9.91. The minimum atomic E-state index is -0.654. The van der Waals surface area contributed by atoms with Crippen LogP contribution in [0, 0.1) is 0 Å². The minimum absolute atomic E-state index is 0.000242. The molecule has 7 heteroatoms. The number of hydrogen-bond acceptors (Lipinski definition) is 5. The van der Waals surface area contributed by atoms with Gasteiger partial charge in [-0.2, -0.15) is 0 Å². The Kier molecular flexibility index (Phi) is 5.79. The van der Waals surface area contributed by atoms with Crippen LogP contribution >= 0.6 is 0 Å². The molecule has 0 radical (unpaired) electrons. The van der Waals surface area contributed by atoms with Gasteiger partial charge < -0.3 is 19.8 Å². The smallest absolute Gasteiger partial charge is 0.349 e. The first-order valence-corrected chi connectivity index (χ1v) is 9.91. The van der Waals surface area contributed by atoms with E-state index in [0.717, 1.165) is 18.4 Å². The molecule has 30 heavy (non-hydrogen) atoms. The van der Waals surface area contributed by atoms with E-state index in [1.165, 1.54) is 0 Å². The Morgan fingerprint density at radius 1 is 1.07 bits per heavy atom. The van der Waals surface area contributed by atoms with E-state index < -0.39 is 11.5 Å². The molecule has 0 saturated heterocycles. The molecule has 0 unspecified atom stereocenters. The largest absolute Gasteiger partial charge is 0.484 e. The lowest BCUT2D eigenvalue weighted by Gasteiger charge is -2.08. The summed E-state index contributed by atoms with van der Waals surface area (Å²) in [7, 11) is 0. The molecule has 0 spiro atoms. The summed E-state index contributed by atoms with van der Waals surface area (Å²) in [6.45, 7) is 0.370. The van der Waals surface area contributed by atoms with Crippen molar-refractivity contribution >= 4 is 22.8 Å². The predicted octanol–water partition coefficient (Wildman–Crippen LogP) is 2.42. The fourth-order valence-corrected chi connectivity index (χ4v) is 3.03. The summed E-state index contributed by atoms with van der Waals surface area (Å²) < 4.78 is 10.7. The third-order valence-corrected chi connectivity index (χ3v) is 4.82. The second-order valence-electron chi connectivity index (χ2n) is 7.27. The van der Waals surface area contributed by atoms with E-state index >= 15 is 0 Å². The molecule has 1 saturated carbocycles. The number of fused-ring (bicyclic) bond motifs is 1. The van der Waals surface area contributed by atoms with E-state index in [0.29, 0.717) is 35.7 Å². The number of benzene rings is 2. The second-order valence-corrected chi connectivity index (χ2v) is 7.27. The predicted molar refractivity (Wildman–Crippen MR) is 112 cm³/mol. The van der Waals surface area contributed by atoms with Crippen LogP contribution in [0.4, 0.5) is 0 Å². The summed E-state index contributed by atoms with van der Waals surface area (Å²) in [6, 6.07) is 16.3. The maximum atomic E-state index is 12.4. The van der Waals surface area contributed by atoms with Crippen LogP contribution in [0.25, 0.3) is 11.0 Å². The maximum absolute atomic E-state index is 12.4. The van der Waals surface area contributed by atoms with Crippen LogP contribution in [0.3, 0.4) is 0 Å². The molecule has 1 heterocycles. The highest BCUT2D eigenvalue weighted by Crippen LogP contribution is 2.18. The molecule has 1 aromatic heterocycles. The van der Waals surface area contributed by atoms with Crippen molar-refractivity contribution in [2.45, 2.75) is 25.3 Å². The van der Waals surface area contributed by atoms with Gasteiger partial charge in [0.1, 0.15) is 16.9 Å². The third-order valence-electron chi connectivity index (χ3n) is 4.82. The monoisotopic (exact) mass is 406 g/mol. The molecule has 2 amide bonds. The number of para-hydroxylation sites is 1. The van der Waals surface area contributed by atoms with Gasteiger partial charge in [0, 0.05) is 18.0 Å². The van der Waals surface area contributed by atoms with E-state index in [-0.39, 0.29) is 18.1 Å². The Hall–Kier alpha value is -3.61. The van der Waals surface area contributed by atoms with E-state index in [1.54, 1.807) is 36.4 Å². The first kappa shape index (κ1) is 19.7. The van der Waals surface area contributed by atoms with E-state index in [9.17, 15) is 14.4 Å². The van der Waals surface area contributed by atoms with Gasteiger partial charge in [-0.05, 0) is 49.1 Å². The third kappa shape index (κ3) is 5.05. The highest BCUT2D eigenvalue weighted by Gasteiger charge is 2.23. The van der Waals surface area contributed by atoms with Crippen molar-refractivity contribution in [3.05, 3.63) is 76.1 Å². The number of nitrogens with one attached hydrogen (secondary N) is 2. The van der Waals surface area contributed by atoms with Crippen molar-refractivity contribution in [1.82, 2.24) is 10.6 Å². The van der Waals surface area contributed by atoms with Crippen LogP contribution in [-0.4, -0.2) is 31.0 Å². The molecule has 3 aromatic rings. The molecule has 0 bridgehead atoms. The van der Waals surface area contributed by atoms with Gasteiger partial charge in [-0.3, -0.25) is 9.59 Å². The van der Waals surface area contributed by atoms with Crippen molar-refractivity contribution in [2.24, 2.45) is 0 Å². The average molecular weight is 406 g/mol. The molecule has 154 valence electrons. The summed E-state index contributed by atoms with van der Waals surface area (Å²) >= 11 is 0. The normalized spacial score (nSPS) is 13.1. The Balaban J connectivity index is 1.26. The van der Waals surface area contributed by atoms with Gasteiger partial charge in [-0.1, -0.05) is 30.3 Å². The molecule has 0 atom stereocenters. The highest BCUT2D eigenvalue weighted by molar-refractivity contribution is 5.96. The molecule has 4 rings (SSSR count). The van der Waals surface area contributed by atoms with Crippen molar-refractivity contribution in [3.63, 3.8) is 0 Å². The van der Waals surface area contributed by atoms with Crippen LogP contribution in [0.5, 0.6) is 5.75 Å². The lowest BCUT2D eigenvalue weighted by atomic mass is 10.1. The summed E-state index contributed by atoms with van der Waals surface area (Å²) in [6.07, 6.45) is 2.68. The summed E-state index contributed by atoms with van der Waals surface area (Å²) in [4.78, 5) is 36.0. The lowest BCUT2D eigenvalue weighted by Crippen LogP contribution is -2.30. The van der Waals surface area contributed by atoms with Gasteiger partial charge in [0.15, 0.2) is 6.61 Å². The average Bonchev–Trinajstić information content (AvgIpc) is 3.56. The fourth-order valence-electron chi connectivity index (χ4n) is 3.03. The van der Waals surface area contributed by atoms with Gasteiger partial charge in [0.05, 0.1) is 0 Å². The van der Waals surface area contributed by atoms with Crippen molar-refractivity contribution in [1.29, 1.82) is 0 Å². The van der Waals surface area contributed by atoms with E-state index in [2.05, 4.69) is 10.6 Å². The number of hydrogen-bond donors (Lipinski definition) is 2. The summed E-state index contributed by atoms with van der Waals surface area (Å²) in [5.74, 6) is 0.0427. The molecule has 1 aliphatic rings. The van der Waals surface area contributed by atoms with Gasteiger partial charge >= 0.3 is 5.63 Å². The molecular formula is C23H22N2O5. The number of carbonyl (C=O) groups excluding carboxylic acids is 2. The number of amides is 2. The molecule has 7 nitrogen and oxygen atoms in total. The number of ether oxygens (including phenoxy) is 1. The van der Waals surface area contributed by atoms with E-state index in [4.69, 9.17) is 9.15 Å². The van der Waals surface area contributed by atoms with Crippen molar-refractivity contribution in [3.8, 4) is 5.75 Å². The van der Waals surface area contributed by atoms with Gasteiger partial charge in [-0.15, -0.1) is 0 Å². The van der Waals surface area contributed by atoms with Gasteiger partial charge in [0.2, 0.25) is 0 Å². The fraction of sp³-hybridized carbons (Fsp3) is 0.261. The zero-order valence-electron chi connectivity index (χ0n) is 16.4. The zero-order valence-corrected chi connectivity index (χ0v) is 16.4. The summed E-state index contributed by atoms with van der Waals surface area (Å²) in [5, 5.41) is 6.31. The quantitative estimate of drug-likeness (QED) is 0.560. The maximum Gasteiger partial charge on any atom is 0.349 e. The number of rotatable bonds is 8. The highest BCUT2D eigenvalue weighted by atomic mass is 16.5. The zero-order chi connectivity index (χ0) is 20.9. The standard InChI is InChI=1S/C23H22N2O5/c26-21(25-17-7-8-17)14-29-18-9-5-15(6-10-18)11-12-24-22(27)19-13-16-3-1-2-4-20(16)30-23(19)28/h1-6,9-10,13,17H,7-8,11-12,14H2,(H,24,27)(H,25,26). The van der Waals surface area contributed by atoms with Crippen LogP contribution in [0.1, 0.15) is 28.8 Å². The Morgan fingerprint density at radius 3 is 2.60 bits per heavy atom. The van der Waals surface area contributed by atoms with Crippen LogP contribution in [-0.2, 0) is 11.2 Å². The number of carbonyl (C=O) groups is 2.